The minimum absolute atomic E-state index is 0.00840. The molecule has 1 aromatic heterocycles. The summed E-state index contributed by atoms with van der Waals surface area (Å²) in [5.74, 6) is 0. The van der Waals surface area contributed by atoms with Crippen LogP contribution in [0.5, 0.6) is 0 Å². The van der Waals surface area contributed by atoms with Crippen molar-refractivity contribution in [3.63, 3.8) is 0 Å². The molecule has 2 saturated heterocycles. The van der Waals surface area contributed by atoms with Crippen molar-refractivity contribution in [2.75, 3.05) is 0 Å². The van der Waals surface area contributed by atoms with Gasteiger partial charge in [-0.15, -0.1) is 11.3 Å². The molecule has 2 bridgehead atoms. The summed E-state index contributed by atoms with van der Waals surface area (Å²) in [7, 11) is -3.37. The first kappa shape index (κ1) is 13.5. The molecule has 0 saturated carbocycles. The molecule has 19 heavy (non-hydrogen) atoms. The molecule has 0 aliphatic carbocycles. The summed E-state index contributed by atoms with van der Waals surface area (Å²) < 4.78 is 27.6. The number of aliphatic hydroxyl groups excluding tert-OH is 1. The topological polar surface area (TPSA) is 57.6 Å². The average Bonchev–Trinajstić information content (AvgIpc) is 2.93. The molecule has 1 aromatic rings. The number of sulfonamides is 1. The summed E-state index contributed by atoms with van der Waals surface area (Å²) in [6.07, 6.45) is 3.47. The highest BCUT2D eigenvalue weighted by atomic mass is 32.2. The van der Waals surface area contributed by atoms with E-state index in [0.29, 0.717) is 17.1 Å². The third-order valence-corrected chi connectivity index (χ3v) is 7.86. The van der Waals surface area contributed by atoms with Gasteiger partial charge >= 0.3 is 0 Å². The summed E-state index contributed by atoms with van der Waals surface area (Å²) in [5.41, 5.74) is 0. The van der Waals surface area contributed by atoms with Gasteiger partial charge in [-0.25, -0.2) is 8.42 Å². The summed E-state index contributed by atoms with van der Waals surface area (Å²) >= 11 is 1.37. The molecule has 2 fully saturated rings. The highest BCUT2D eigenvalue weighted by Crippen LogP contribution is 2.40. The SMILES string of the molecule is CCc1ccc(S(=O)(=O)N2C3CCC2CC(O)C3)s1. The van der Waals surface area contributed by atoms with Gasteiger partial charge in [0.2, 0.25) is 0 Å². The Hall–Kier alpha value is -0.430. The fourth-order valence-corrected chi connectivity index (χ4v) is 6.58. The van der Waals surface area contributed by atoms with Crippen molar-refractivity contribution in [1.29, 1.82) is 0 Å². The minimum atomic E-state index is -3.37. The monoisotopic (exact) mass is 301 g/mol. The highest BCUT2D eigenvalue weighted by molar-refractivity contribution is 7.91. The van der Waals surface area contributed by atoms with Gasteiger partial charge in [0.15, 0.2) is 0 Å². The molecule has 2 aliphatic heterocycles. The van der Waals surface area contributed by atoms with Crippen LogP contribution in [-0.2, 0) is 16.4 Å². The molecule has 3 heterocycles. The van der Waals surface area contributed by atoms with Gasteiger partial charge in [-0.1, -0.05) is 6.92 Å². The van der Waals surface area contributed by atoms with Gasteiger partial charge in [0.1, 0.15) is 4.21 Å². The zero-order valence-corrected chi connectivity index (χ0v) is 12.6. The maximum atomic E-state index is 12.7. The van der Waals surface area contributed by atoms with E-state index < -0.39 is 10.0 Å². The number of nitrogens with zero attached hydrogens (tertiary/aromatic N) is 1. The van der Waals surface area contributed by atoms with Crippen molar-refractivity contribution in [2.24, 2.45) is 0 Å². The van der Waals surface area contributed by atoms with E-state index in [-0.39, 0.29) is 18.2 Å². The maximum absolute atomic E-state index is 12.7. The predicted octanol–water partition coefficient (Wildman–Crippen LogP) is 1.99. The second-order valence-corrected chi connectivity index (χ2v) is 8.66. The Morgan fingerprint density at radius 2 is 1.95 bits per heavy atom. The number of aryl methyl sites for hydroxylation is 1. The van der Waals surface area contributed by atoms with Crippen LogP contribution in [-0.4, -0.2) is 36.0 Å². The van der Waals surface area contributed by atoms with Crippen molar-refractivity contribution < 1.29 is 13.5 Å². The van der Waals surface area contributed by atoms with Crippen molar-refractivity contribution in [2.45, 2.75) is 61.4 Å². The molecular weight excluding hydrogens is 282 g/mol. The summed E-state index contributed by atoms with van der Waals surface area (Å²) in [6, 6.07) is 3.61. The number of hydrogen-bond donors (Lipinski definition) is 1. The minimum Gasteiger partial charge on any atom is -0.393 e. The quantitative estimate of drug-likeness (QED) is 0.929. The first-order chi connectivity index (χ1) is 9.02. The molecule has 6 heteroatoms. The average molecular weight is 301 g/mol. The maximum Gasteiger partial charge on any atom is 0.253 e. The lowest BCUT2D eigenvalue weighted by molar-refractivity contribution is 0.0769. The Morgan fingerprint density at radius 1 is 1.32 bits per heavy atom. The van der Waals surface area contributed by atoms with Crippen molar-refractivity contribution >= 4 is 21.4 Å². The van der Waals surface area contributed by atoms with Gasteiger partial charge < -0.3 is 5.11 Å². The molecule has 0 amide bonds. The third kappa shape index (κ3) is 2.24. The first-order valence-corrected chi connectivity index (χ1v) is 9.08. The van der Waals surface area contributed by atoms with Crippen molar-refractivity contribution in [1.82, 2.24) is 4.31 Å². The molecule has 1 N–H and O–H groups in total. The lowest BCUT2D eigenvalue weighted by Crippen LogP contribution is -2.47. The Bertz CT molecular complexity index is 552. The molecule has 3 rings (SSSR count). The summed E-state index contributed by atoms with van der Waals surface area (Å²) in [5, 5.41) is 9.77. The Labute approximate surface area is 118 Å². The Balaban J connectivity index is 1.93. The van der Waals surface area contributed by atoms with Crippen LogP contribution < -0.4 is 0 Å². The first-order valence-electron chi connectivity index (χ1n) is 6.82. The Kier molecular flexibility index (Phi) is 3.45. The van der Waals surface area contributed by atoms with Crippen LogP contribution in [0.4, 0.5) is 0 Å². The Morgan fingerprint density at radius 3 is 2.47 bits per heavy atom. The number of fused-ring (bicyclic) bond motifs is 2. The lowest BCUT2D eigenvalue weighted by Gasteiger charge is -2.35. The van der Waals surface area contributed by atoms with Crippen LogP contribution in [0.1, 0.15) is 37.5 Å². The van der Waals surface area contributed by atoms with Crippen molar-refractivity contribution in [3.05, 3.63) is 17.0 Å². The molecule has 106 valence electrons. The fourth-order valence-electron chi connectivity index (χ4n) is 3.29. The van der Waals surface area contributed by atoms with Crippen LogP contribution >= 0.6 is 11.3 Å². The smallest absolute Gasteiger partial charge is 0.253 e. The normalized spacial score (nSPS) is 31.8. The standard InChI is InChI=1S/C13H19NO3S2/c1-2-12-5-6-13(18-12)19(16,17)14-9-3-4-10(14)8-11(15)7-9/h5-6,9-11,15H,2-4,7-8H2,1H3. The lowest BCUT2D eigenvalue weighted by atomic mass is 10.0. The summed E-state index contributed by atoms with van der Waals surface area (Å²) in [6.45, 7) is 2.03. The molecule has 2 unspecified atom stereocenters. The van der Waals surface area contributed by atoms with E-state index in [1.165, 1.54) is 11.3 Å². The molecular formula is C13H19NO3S2. The zero-order valence-electron chi connectivity index (χ0n) is 10.9. The molecule has 0 spiro atoms. The fraction of sp³-hybridized carbons (Fsp3) is 0.692. The summed E-state index contributed by atoms with van der Waals surface area (Å²) in [4.78, 5) is 1.10. The van der Waals surface area contributed by atoms with Gasteiger partial charge in [0.05, 0.1) is 6.10 Å². The van der Waals surface area contributed by atoms with Crippen LogP contribution in [0.15, 0.2) is 16.3 Å². The second-order valence-electron chi connectivity index (χ2n) is 5.42. The van der Waals surface area contributed by atoms with Crippen molar-refractivity contribution in [3.8, 4) is 0 Å². The van der Waals surface area contributed by atoms with E-state index in [1.807, 2.05) is 13.0 Å². The predicted molar refractivity (Wildman–Crippen MR) is 74.8 cm³/mol. The van der Waals surface area contributed by atoms with Gasteiger partial charge in [0, 0.05) is 17.0 Å². The van der Waals surface area contributed by atoms with E-state index in [0.717, 1.165) is 24.1 Å². The van der Waals surface area contributed by atoms with Gasteiger partial charge in [0.25, 0.3) is 10.0 Å². The molecule has 2 aliphatic rings. The van der Waals surface area contributed by atoms with Crippen LogP contribution in [0.25, 0.3) is 0 Å². The van der Waals surface area contributed by atoms with Crippen LogP contribution in [0.2, 0.25) is 0 Å². The number of aliphatic hydroxyl groups is 1. The molecule has 4 nitrogen and oxygen atoms in total. The number of hydrogen-bond acceptors (Lipinski definition) is 4. The largest absolute Gasteiger partial charge is 0.393 e. The van der Waals surface area contributed by atoms with E-state index in [2.05, 4.69) is 0 Å². The van der Waals surface area contributed by atoms with Crippen LogP contribution in [0, 0.1) is 0 Å². The van der Waals surface area contributed by atoms with Gasteiger partial charge in [-0.3, -0.25) is 0 Å². The van der Waals surface area contributed by atoms with E-state index in [1.54, 1.807) is 10.4 Å². The van der Waals surface area contributed by atoms with Gasteiger partial charge in [-0.2, -0.15) is 4.31 Å². The molecule has 0 radical (unpaired) electrons. The number of thiophene rings is 1. The third-order valence-electron chi connectivity index (χ3n) is 4.16. The van der Waals surface area contributed by atoms with E-state index in [4.69, 9.17) is 0 Å². The second kappa shape index (κ2) is 4.84. The number of piperidine rings is 1. The number of rotatable bonds is 3. The highest BCUT2D eigenvalue weighted by Gasteiger charge is 2.47. The zero-order chi connectivity index (χ0) is 13.6. The van der Waals surface area contributed by atoms with E-state index in [9.17, 15) is 13.5 Å². The van der Waals surface area contributed by atoms with E-state index >= 15 is 0 Å². The molecule has 0 aromatic carbocycles. The van der Waals surface area contributed by atoms with Crippen LogP contribution in [0.3, 0.4) is 0 Å². The van der Waals surface area contributed by atoms with Gasteiger partial charge in [-0.05, 0) is 44.2 Å². The molecule has 2 atom stereocenters.